The largest absolute Gasteiger partial charge is 0.466 e. The summed E-state index contributed by atoms with van der Waals surface area (Å²) >= 11 is 5.53. The monoisotopic (exact) mass is 245 g/mol. The van der Waals surface area contributed by atoms with Gasteiger partial charge in [0, 0.05) is 6.04 Å². The molecule has 1 aromatic rings. The van der Waals surface area contributed by atoms with E-state index in [2.05, 4.69) is 0 Å². The number of hydrogen-bond donors (Lipinski definition) is 1. The van der Waals surface area contributed by atoms with E-state index in [1.54, 1.807) is 13.0 Å². The third-order valence-electron chi connectivity index (χ3n) is 2.06. The van der Waals surface area contributed by atoms with Crippen molar-refractivity contribution in [3.63, 3.8) is 0 Å². The Bertz CT molecular complexity index is 384. The van der Waals surface area contributed by atoms with Crippen LogP contribution >= 0.6 is 11.6 Å². The number of halogens is 2. The maximum atomic E-state index is 13.1. The number of benzene rings is 1. The SMILES string of the molecule is CCOC(=O)C[C@@H](N)c1ccc(Cl)c(F)c1. The standard InChI is InChI=1S/C11H13ClFNO2/c1-2-16-11(15)6-10(14)7-3-4-8(12)9(13)5-7/h3-5,10H,2,6,14H2,1H3/t10-/m1/s1. The van der Waals surface area contributed by atoms with Gasteiger partial charge in [0.2, 0.25) is 0 Å². The first-order chi connectivity index (χ1) is 7.54. The number of carbonyl (C=O) groups excluding carboxylic acids is 1. The highest BCUT2D eigenvalue weighted by Gasteiger charge is 2.13. The molecule has 88 valence electrons. The van der Waals surface area contributed by atoms with Gasteiger partial charge in [-0.25, -0.2) is 4.39 Å². The van der Waals surface area contributed by atoms with E-state index in [1.807, 2.05) is 0 Å². The molecule has 1 rings (SSSR count). The minimum absolute atomic E-state index is 0.0227. The smallest absolute Gasteiger partial charge is 0.307 e. The molecule has 0 aromatic heterocycles. The maximum Gasteiger partial charge on any atom is 0.307 e. The molecule has 3 nitrogen and oxygen atoms in total. The Labute approximate surface area is 98.3 Å². The number of carbonyl (C=O) groups is 1. The molecule has 0 bridgehead atoms. The second-order valence-corrected chi connectivity index (χ2v) is 3.70. The van der Waals surface area contributed by atoms with E-state index in [0.717, 1.165) is 0 Å². The van der Waals surface area contributed by atoms with Crippen molar-refractivity contribution in [3.8, 4) is 0 Å². The Morgan fingerprint density at radius 3 is 2.88 bits per heavy atom. The van der Waals surface area contributed by atoms with Crippen molar-refractivity contribution in [2.45, 2.75) is 19.4 Å². The lowest BCUT2D eigenvalue weighted by Crippen LogP contribution is -2.17. The summed E-state index contributed by atoms with van der Waals surface area (Å²) in [5.74, 6) is -0.941. The van der Waals surface area contributed by atoms with Gasteiger partial charge in [0.05, 0.1) is 18.1 Å². The van der Waals surface area contributed by atoms with Crippen LogP contribution < -0.4 is 5.73 Å². The van der Waals surface area contributed by atoms with Crippen molar-refractivity contribution in [2.24, 2.45) is 5.73 Å². The second-order valence-electron chi connectivity index (χ2n) is 3.29. The molecule has 0 aliphatic carbocycles. The van der Waals surface area contributed by atoms with Crippen LogP contribution in [-0.2, 0) is 9.53 Å². The van der Waals surface area contributed by atoms with E-state index < -0.39 is 17.8 Å². The van der Waals surface area contributed by atoms with Crippen molar-refractivity contribution in [2.75, 3.05) is 6.61 Å². The first kappa shape index (κ1) is 12.9. The van der Waals surface area contributed by atoms with E-state index >= 15 is 0 Å². The molecule has 0 aliphatic rings. The highest BCUT2D eigenvalue weighted by Crippen LogP contribution is 2.21. The van der Waals surface area contributed by atoms with Gasteiger partial charge in [0.1, 0.15) is 5.82 Å². The minimum atomic E-state index is -0.578. The summed E-state index contributed by atoms with van der Waals surface area (Å²) in [5, 5.41) is 0.0343. The molecule has 0 saturated heterocycles. The van der Waals surface area contributed by atoms with Crippen molar-refractivity contribution < 1.29 is 13.9 Å². The summed E-state index contributed by atoms with van der Waals surface area (Å²) in [5.41, 5.74) is 6.26. The Morgan fingerprint density at radius 1 is 1.62 bits per heavy atom. The third kappa shape index (κ3) is 3.47. The van der Waals surface area contributed by atoms with E-state index in [9.17, 15) is 9.18 Å². The van der Waals surface area contributed by atoms with Crippen LogP contribution in [0.15, 0.2) is 18.2 Å². The molecule has 0 fully saturated rings. The Hall–Kier alpha value is -1.13. The van der Waals surface area contributed by atoms with E-state index in [4.69, 9.17) is 22.1 Å². The number of nitrogens with two attached hydrogens (primary N) is 1. The van der Waals surface area contributed by atoms with Crippen molar-refractivity contribution in [1.29, 1.82) is 0 Å². The van der Waals surface area contributed by atoms with Gasteiger partial charge < -0.3 is 10.5 Å². The van der Waals surface area contributed by atoms with E-state index in [1.165, 1.54) is 12.1 Å². The van der Waals surface area contributed by atoms with Crippen LogP contribution in [0.4, 0.5) is 4.39 Å². The van der Waals surface area contributed by atoms with Crippen molar-refractivity contribution in [3.05, 3.63) is 34.6 Å². The third-order valence-corrected chi connectivity index (χ3v) is 2.37. The van der Waals surface area contributed by atoms with Crippen LogP contribution in [0.3, 0.4) is 0 Å². The molecule has 0 aliphatic heterocycles. The summed E-state index contributed by atoms with van der Waals surface area (Å²) in [7, 11) is 0. The van der Waals surface area contributed by atoms with Crippen molar-refractivity contribution >= 4 is 17.6 Å². The molecular weight excluding hydrogens is 233 g/mol. The molecule has 0 spiro atoms. The van der Waals surface area contributed by atoms with Crippen LogP contribution in [0.1, 0.15) is 24.9 Å². The van der Waals surface area contributed by atoms with Crippen molar-refractivity contribution in [1.82, 2.24) is 0 Å². The zero-order valence-electron chi connectivity index (χ0n) is 8.87. The van der Waals surface area contributed by atoms with Gasteiger partial charge in [-0.1, -0.05) is 17.7 Å². The molecule has 0 unspecified atom stereocenters. The maximum absolute atomic E-state index is 13.1. The number of hydrogen-bond acceptors (Lipinski definition) is 3. The predicted molar refractivity (Wildman–Crippen MR) is 59.6 cm³/mol. The lowest BCUT2D eigenvalue weighted by molar-refractivity contribution is -0.143. The lowest BCUT2D eigenvalue weighted by atomic mass is 10.0. The fourth-order valence-electron chi connectivity index (χ4n) is 1.26. The fraction of sp³-hybridized carbons (Fsp3) is 0.364. The van der Waals surface area contributed by atoms with Crippen LogP contribution in [0.2, 0.25) is 5.02 Å². The summed E-state index contributed by atoms with van der Waals surface area (Å²) in [6.07, 6.45) is 0.0227. The van der Waals surface area contributed by atoms with Crippen LogP contribution in [0.5, 0.6) is 0 Å². The number of ether oxygens (including phenoxy) is 1. The first-order valence-electron chi connectivity index (χ1n) is 4.90. The Kier molecular flexibility index (Phi) is 4.71. The molecule has 5 heteroatoms. The lowest BCUT2D eigenvalue weighted by Gasteiger charge is -2.11. The molecule has 0 radical (unpaired) electrons. The number of rotatable bonds is 4. The molecule has 0 amide bonds. The van der Waals surface area contributed by atoms with E-state index in [0.29, 0.717) is 12.2 Å². The molecular formula is C11H13ClFNO2. The molecule has 0 saturated carbocycles. The topological polar surface area (TPSA) is 52.3 Å². The molecule has 1 atom stereocenters. The Morgan fingerprint density at radius 2 is 2.31 bits per heavy atom. The summed E-state index contributed by atoms with van der Waals surface area (Å²) in [6, 6.07) is 3.66. The molecule has 0 heterocycles. The van der Waals surface area contributed by atoms with Gasteiger partial charge in [-0.3, -0.25) is 4.79 Å². The average molecular weight is 246 g/mol. The van der Waals surface area contributed by atoms with Crippen LogP contribution in [-0.4, -0.2) is 12.6 Å². The minimum Gasteiger partial charge on any atom is -0.466 e. The fourth-order valence-corrected chi connectivity index (χ4v) is 1.38. The molecule has 16 heavy (non-hydrogen) atoms. The van der Waals surface area contributed by atoms with Gasteiger partial charge in [-0.2, -0.15) is 0 Å². The Balaban J connectivity index is 2.69. The second kappa shape index (κ2) is 5.82. The quantitative estimate of drug-likeness (QED) is 0.829. The van der Waals surface area contributed by atoms with Gasteiger partial charge >= 0.3 is 5.97 Å². The normalized spacial score (nSPS) is 12.2. The predicted octanol–water partition coefficient (Wildman–Crippen LogP) is 2.43. The highest BCUT2D eigenvalue weighted by atomic mass is 35.5. The van der Waals surface area contributed by atoms with Crippen LogP contribution in [0.25, 0.3) is 0 Å². The molecule has 1 aromatic carbocycles. The molecule has 2 N–H and O–H groups in total. The average Bonchev–Trinajstić information content (AvgIpc) is 2.22. The zero-order valence-corrected chi connectivity index (χ0v) is 9.63. The summed E-state index contributed by atoms with van der Waals surface area (Å²) in [4.78, 5) is 11.2. The van der Waals surface area contributed by atoms with Gasteiger partial charge in [0.15, 0.2) is 0 Å². The van der Waals surface area contributed by atoms with Crippen LogP contribution in [0, 0.1) is 5.82 Å². The van der Waals surface area contributed by atoms with Gasteiger partial charge in [-0.05, 0) is 24.6 Å². The van der Waals surface area contributed by atoms with Gasteiger partial charge in [0.25, 0.3) is 0 Å². The summed E-state index contributed by atoms with van der Waals surface area (Å²) in [6.45, 7) is 2.02. The van der Waals surface area contributed by atoms with Gasteiger partial charge in [-0.15, -0.1) is 0 Å². The van der Waals surface area contributed by atoms with E-state index in [-0.39, 0.29) is 11.4 Å². The highest BCUT2D eigenvalue weighted by molar-refractivity contribution is 6.30. The summed E-state index contributed by atoms with van der Waals surface area (Å²) < 4.78 is 17.9. The zero-order chi connectivity index (χ0) is 12.1. The first-order valence-corrected chi connectivity index (χ1v) is 5.28. The number of esters is 1.